The summed E-state index contributed by atoms with van der Waals surface area (Å²) < 4.78 is 54.3. The number of hydrogen-bond donors (Lipinski definition) is 1. The molecule has 2 aromatic rings. The van der Waals surface area contributed by atoms with Gasteiger partial charge < -0.3 is 24.4 Å². The Morgan fingerprint density at radius 1 is 1.00 bits per heavy atom. The molecule has 1 aliphatic rings. The van der Waals surface area contributed by atoms with Crippen molar-refractivity contribution in [3.05, 3.63) is 41.6 Å². The van der Waals surface area contributed by atoms with Gasteiger partial charge in [0.05, 0.1) is 33.4 Å². The lowest BCUT2D eigenvalue weighted by Crippen LogP contribution is -2.39. The number of alkyl halides is 3. The number of amides is 1. The van der Waals surface area contributed by atoms with Gasteiger partial charge in [-0.3, -0.25) is 9.69 Å². The lowest BCUT2D eigenvalue weighted by molar-refractivity contribution is -0.137. The number of hydrogen-bond acceptors (Lipinski definition) is 7. The van der Waals surface area contributed by atoms with Crippen LogP contribution in [0.15, 0.2) is 30.5 Å². The average Bonchev–Trinajstić information content (AvgIpc) is 3.07. The standard InChI is InChI=1S/C23H29F3N4O4/c1-32-18-12-20(34-3)19(33-2)11-16(18)13-28-22(31)15-29-7-4-8-30(10-9-29)21-6-5-17(14-27-21)23(24,25)26/h5-6,11-12,14H,4,7-10,13,15H2,1-3H3,(H,28,31). The van der Waals surface area contributed by atoms with E-state index in [1.54, 1.807) is 19.2 Å². The number of nitrogens with zero attached hydrogens (tertiary/aromatic N) is 3. The highest BCUT2D eigenvalue weighted by Gasteiger charge is 2.31. The Kier molecular flexibility index (Phi) is 8.43. The fourth-order valence-corrected chi connectivity index (χ4v) is 3.78. The molecular formula is C23H29F3N4O4. The zero-order valence-corrected chi connectivity index (χ0v) is 19.4. The summed E-state index contributed by atoms with van der Waals surface area (Å²) in [7, 11) is 4.62. The second-order valence-corrected chi connectivity index (χ2v) is 7.82. The highest BCUT2D eigenvalue weighted by Crippen LogP contribution is 2.34. The van der Waals surface area contributed by atoms with Crippen LogP contribution in [0.25, 0.3) is 0 Å². The van der Waals surface area contributed by atoms with Crippen molar-refractivity contribution in [3.63, 3.8) is 0 Å². The molecule has 1 fully saturated rings. The van der Waals surface area contributed by atoms with E-state index in [4.69, 9.17) is 14.2 Å². The van der Waals surface area contributed by atoms with Gasteiger partial charge >= 0.3 is 6.18 Å². The summed E-state index contributed by atoms with van der Waals surface area (Å²) in [5.74, 6) is 2.01. The summed E-state index contributed by atoms with van der Waals surface area (Å²) in [6.07, 6.45) is -2.79. The minimum Gasteiger partial charge on any atom is -0.496 e. The first-order chi connectivity index (χ1) is 16.2. The van der Waals surface area contributed by atoms with E-state index in [2.05, 4.69) is 10.3 Å². The Morgan fingerprint density at radius 3 is 2.32 bits per heavy atom. The molecule has 0 spiro atoms. The van der Waals surface area contributed by atoms with E-state index in [0.29, 0.717) is 49.2 Å². The van der Waals surface area contributed by atoms with E-state index >= 15 is 0 Å². The quantitative estimate of drug-likeness (QED) is 0.620. The number of benzene rings is 1. The summed E-state index contributed by atoms with van der Waals surface area (Å²) >= 11 is 0. The number of ether oxygens (including phenoxy) is 3. The maximum Gasteiger partial charge on any atom is 0.417 e. The summed E-state index contributed by atoms with van der Waals surface area (Å²) in [5.41, 5.74) is -0.0144. The number of methoxy groups -OCH3 is 3. The smallest absolute Gasteiger partial charge is 0.417 e. The van der Waals surface area contributed by atoms with Crippen molar-refractivity contribution in [1.82, 2.24) is 15.2 Å². The van der Waals surface area contributed by atoms with Gasteiger partial charge in [-0.05, 0) is 24.6 Å². The lowest BCUT2D eigenvalue weighted by atomic mass is 10.1. The summed E-state index contributed by atoms with van der Waals surface area (Å²) in [6.45, 7) is 2.98. The third kappa shape index (κ3) is 6.43. The first-order valence-corrected chi connectivity index (χ1v) is 10.8. The molecule has 0 radical (unpaired) electrons. The Bertz CT molecular complexity index is 970. The van der Waals surface area contributed by atoms with Gasteiger partial charge in [-0.25, -0.2) is 4.98 Å². The molecule has 1 saturated heterocycles. The second-order valence-electron chi connectivity index (χ2n) is 7.82. The Hall–Kier alpha value is -3.21. The van der Waals surface area contributed by atoms with Gasteiger partial charge in [0.1, 0.15) is 11.6 Å². The van der Waals surface area contributed by atoms with Crippen molar-refractivity contribution in [2.24, 2.45) is 0 Å². The third-order valence-electron chi connectivity index (χ3n) is 5.62. The van der Waals surface area contributed by atoms with Crippen LogP contribution in [-0.2, 0) is 17.5 Å². The molecule has 34 heavy (non-hydrogen) atoms. The zero-order valence-electron chi connectivity index (χ0n) is 19.4. The molecule has 1 aromatic heterocycles. The lowest BCUT2D eigenvalue weighted by Gasteiger charge is -2.23. The highest BCUT2D eigenvalue weighted by molar-refractivity contribution is 5.78. The predicted octanol–water partition coefficient (Wildman–Crippen LogP) is 2.95. The average molecular weight is 483 g/mol. The number of rotatable bonds is 8. The number of anilines is 1. The molecular weight excluding hydrogens is 453 g/mol. The van der Waals surface area contributed by atoms with Crippen LogP contribution in [0.5, 0.6) is 17.2 Å². The van der Waals surface area contributed by atoms with Gasteiger partial charge in [0, 0.05) is 50.6 Å². The Balaban J connectivity index is 1.53. The maximum atomic E-state index is 12.8. The molecule has 1 amide bonds. The predicted molar refractivity (Wildman–Crippen MR) is 120 cm³/mol. The van der Waals surface area contributed by atoms with Gasteiger partial charge in [-0.1, -0.05) is 0 Å². The van der Waals surface area contributed by atoms with E-state index in [-0.39, 0.29) is 19.0 Å². The molecule has 0 saturated carbocycles. The van der Waals surface area contributed by atoms with Gasteiger partial charge in [0.25, 0.3) is 0 Å². The van der Waals surface area contributed by atoms with Crippen LogP contribution in [-0.4, -0.2) is 69.8 Å². The number of nitrogens with one attached hydrogen (secondary N) is 1. The number of carbonyl (C=O) groups is 1. The van der Waals surface area contributed by atoms with E-state index in [9.17, 15) is 18.0 Å². The number of aromatic nitrogens is 1. The molecule has 0 bridgehead atoms. The minimum atomic E-state index is -4.41. The molecule has 1 N–H and O–H groups in total. The van der Waals surface area contributed by atoms with Crippen LogP contribution >= 0.6 is 0 Å². The molecule has 3 rings (SSSR count). The van der Waals surface area contributed by atoms with Crippen molar-refractivity contribution in [2.45, 2.75) is 19.1 Å². The van der Waals surface area contributed by atoms with Gasteiger partial charge in [-0.15, -0.1) is 0 Å². The van der Waals surface area contributed by atoms with Crippen molar-refractivity contribution in [2.75, 3.05) is 59.0 Å². The molecule has 1 aromatic carbocycles. The van der Waals surface area contributed by atoms with Crippen LogP contribution in [0.3, 0.4) is 0 Å². The van der Waals surface area contributed by atoms with Crippen molar-refractivity contribution < 1.29 is 32.2 Å². The first-order valence-electron chi connectivity index (χ1n) is 10.8. The second kappa shape index (κ2) is 11.3. The summed E-state index contributed by atoms with van der Waals surface area (Å²) in [6, 6.07) is 5.90. The molecule has 0 unspecified atom stereocenters. The Morgan fingerprint density at radius 2 is 1.71 bits per heavy atom. The van der Waals surface area contributed by atoms with Gasteiger partial charge in [0.2, 0.25) is 5.91 Å². The molecule has 0 atom stereocenters. The third-order valence-corrected chi connectivity index (χ3v) is 5.62. The van der Waals surface area contributed by atoms with Crippen molar-refractivity contribution in [1.29, 1.82) is 0 Å². The summed E-state index contributed by atoms with van der Waals surface area (Å²) in [4.78, 5) is 20.5. The van der Waals surface area contributed by atoms with E-state index < -0.39 is 11.7 Å². The molecule has 186 valence electrons. The van der Waals surface area contributed by atoms with E-state index in [1.807, 2.05) is 9.80 Å². The van der Waals surface area contributed by atoms with Crippen LogP contribution in [0.2, 0.25) is 0 Å². The van der Waals surface area contributed by atoms with Crippen LogP contribution in [0.4, 0.5) is 19.0 Å². The first kappa shape index (κ1) is 25.4. The van der Waals surface area contributed by atoms with Crippen LogP contribution in [0.1, 0.15) is 17.5 Å². The van der Waals surface area contributed by atoms with E-state index in [0.717, 1.165) is 24.2 Å². The fourth-order valence-electron chi connectivity index (χ4n) is 3.78. The monoisotopic (exact) mass is 482 g/mol. The minimum absolute atomic E-state index is 0.141. The zero-order chi connectivity index (χ0) is 24.7. The maximum absolute atomic E-state index is 12.8. The molecule has 0 aliphatic carbocycles. The van der Waals surface area contributed by atoms with E-state index in [1.165, 1.54) is 20.3 Å². The number of carbonyl (C=O) groups excluding carboxylic acids is 1. The molecule has 8 nitrogen and oxygen atoms in total. The normalized spacial score (nSPS) is 14.9. The van der Waals surface area contributed by atoms with Crippen molar-refractivity contribution >= 4 is 11.7 Å². The summed E-state index contributed by atoms with van der Waals surface area (Å²) in [5, 5.41) is 2.90. The Labute approximate surface area is 196 Å². The highest BCUT2D eigenvalue weighted by atomic mass is 19.4. The number of halogens is 3. The van der Waals surface area contributed by atoms with Gasteiger partial charge in [-0.2, -0.15) is 13.2 Å². The van der Waals surface area contributed by atoms with Crippen LogP contribution < -0.4 is 24.4 Å². The molecule has 1 aliphatic heterocycles. The van der Waals surface area contributed by atoms with Crippen molar-refractivity contribution in [3.8, 4) is 17.2 Å². The number of pyridine rings is 1. The molecule has 2 heterocycles. The van der Waals surface area contributed by atoms with Crippen LogP contribution in [0, 0.1) is 0 Å². The fraction of sp³-hybridized carbons (Fsp3) is 0.478. The SMILES string of the molecule is COc1cc(OC)c(OC)cc1CNC(=O)CN1CCCN(c2ccc(C(F)(F)F)cn2)CC1. The van der Waals surface area contributed by atoms with Gasteiger partial charge in [0.15, 0.2) is 11.5 Å². The topological polar surface area (TPSA) is 76.2 Å². The molecule has 11 heteroatoms. The largest absolute Gasteiger partial charge is 0.496 e.